The number of pyridine rings is 2. The van der Waals surface area contributed by atoms with Crippen molar-refractivity contribution in [2.24, 2.45) is 0 Å². The maximum absolute atomic E-state index is 2.28. The molecule has 0 atom stereocenters. The lowest BCUT2D eigenvalue weighted by atomic mass is 9.95. The highest BCUT2D eigenvalue weighted by Gasteiger charge is 2.14. The largest absolute Gasteiger partial charge is 0.214 e. The predicted molar refractivity (Wildman–Crippen MR) is 84.1 cm³/mol. The molecule has 20 heavy (non-hydrogen) atoms. The Kier molecular flexibility index (Phi) is 2.31. The molecule has 2 aromatic heterocycles. The Morgan fingerprint density at radius 2 is 1.65 bits per heavy atom. The van der Waals surface area contributed by atoms with Crippen LogP contribution in [0.2, 0.25) is 0 Å². The van der Waals surface area contributed by atoms with Gasteiger partial charge in [-0.05, 0) is 36.2 Å². The third-order valence-corrected chi connectivity index (χ3v) is 4.21. The molecule has 0 fully saturated rings. The van der Waals surface area contributed by atoms with Crippen molar-refractivity contribution in [3.8, 4) is 0 Å². The number of aryl methyl sites for hydroxylation is 2. The van der Waals surface area contributed by atoms with Gasteiger partial charge in [0, 0.05) is 23.1 Å². The molecule has 0 aliphatic rings. The Balaban J connectivity index is 2.37. The molecule has 0 aliphatic carbocycles. The highest BCUT2D eigenvalue weighted by Crippen LogP contribution is 2.31. The molecule has 0 N–H and O–H groups in total. The molecule has 0 unspecified atom stereocenters. The van der Waals surface area contributed by atoms with Gasteiger partial charge in [-0.25, -0.2) is 0 Å². The molecule has 2 aromatic carbocycles. The zero-order valence-electron chi connectivity index (χ0n) is 11.7. The van der Waals surface area contributed by atoms with E-state index in [2.05, 4.69) is 79.2 Å². The lowest BCUT2D eigenvalue weighted by molar-refractivity contribution is -0.510. The monoisotopic (exact) mass is 258 g/mol. The van der Waals surface area contributed by atoms with Crippen LogP contribution >= 0.6 is 0 Å². The van der Waals surface area contributed by atoms with E-state index >= 15 is 0 Å². The first-order chi connectivity index (χ1) is 9.75. The maximum atomic E-state index is 2.28. The molecule has 2 heterocycles. The third-order valence-electron chi connectivity index (χ3n) is 4.21. The number of hydrogen-bond acceptors (Lipinski definition) is 0. The van der Waals surface area contributed by atoms with Gasteiger partial charge in [-0.3, -0.25) is 0 Å². The molecule has 0 saturated carbocycles. The predicted octanol–water partition coefficient (Wildman–Crippen LogP) is 4.35. The summed E-state index contributed by atoms with van der Waals surface area (Å²) in [4.78, 5) is 0. The molecule has 1 heteroatoms. The van der Waals surface area contributed by atoms with Gasteiger partial charge in [0.25, 0.3) is 0 Å². The zero-order valence-corrected chi connectivity index (χ0v) is 11.7. The summed E-state index contributed by atoms with van der Waals surface area (Å²) in [6, 6.07) is 17.3. The zero-order chi connectivity index (χ0) is 13.7. The topological polar surface area (TPSA) is 4.10 Å². The van der Waals surface area contributed by atoms with Crippen LogP contribution in [0.4, 0.5) is 0 Å². The van der Waals surface area contributed by atoms with Gasteiger partial charge in [-0.2, -0.15) is 4.40 Å². The first kappa shape index (κ1) is 11.4. The minimum Gasteiger partial charge on any atom is -0.166 e. The van der Waals surface area contributed by atoms with Crippen LogP contribution < -0.4 is 4.40 Å². The fourth-order valence-electron chi connectivity index (χ4n) is 3.23. The van der Waals surface area contributed by atoms with E-state index in [0.29, 0.717) is 0 Å². The summed E-state index contributed by atoms with van der Waals surface area (Å²) in [5, 5.41) is 5.38. The van der Waals surface area contributed by atoms with Crippen LogP contribution in [0.15, 0.2) is 60.9 Å². The van der Waals surface area contributed by atoms with E-state index < -0.39 is 0 Å². The van der Waals surface area contributed by atoms with E-state index in [-0.39, 0.29) is 0 Å². The van der Waals surface area contributed by atoms with Gasteiger partial charge in [0.05, 0.1) is 5.39 Å². The average molecular weight is 258 g/mol. The Labute approximate surface area is 118 Å². The molecule has 0 amide bonds. The smallest absolute Gasteiger partial charge is 0.166 e. The van der Waals surface area contributed by atoms with Crippen molar-refractivity contribution in [3.05, 3.63) is 72.1 Å². The van der Waals surface area contributed by atoms with Crippen LogP contribution in [0, 0.1) is 13.8 Å². The fraction of sp³-hybridized carbons (Fsp3) is 0.105. The molecular weight excluding hydrogens is 242 g/mol. The summed E-state index contributed by atoms with van der Waals surface area (Å²) >= 11 is 0. The van der Waals surface area contributed by atoms with Gasteiger partial charge in [0.15, 0.2) is 12.4 Å². The standard InChI is InChI=1S/C19H16N/c1-13-11-15-7-3-4-8-16(15)19-14(2)18-9-5-6-10-20(18)12-17(13)19/h3-12H,1-2H3/q+1. The quantitative estimate of drug-likeness (QED) is 0.251. The van der Waals surface area contributed by atoms with Crippen LogP contribution in [0.1, 0.15) is 11.1 Å². The minimum absolute atomic E-state index is 1.27. The Bertz CT molecular complexity index is 961. The molecule has 0 spiro atoms. The molecule has 0 saturated heterocycles. The van der Waals surface area contributed by atoms with Gasteiger partial charge >= 0.3 is 0 Å². The van der Waals surface area contributed by atoms with Crippen LogP contribution in [0.25, 0.3) is 27.1 Å². The van der Waals surface area contributed by atoms with E-state index in [1.165, 1.54) is 38.2 Å². The van der Waals surface area contributed by atoms with Crippen LogP contribution in [-0.2, 0) is 0 Å². The summed E-state index contributed by atoms with van der Waals surface area (Å²) in [5.74, 6) is 0. The molecule has 1 nitrogen and oxygen atoms in total. The molecule has 4 rings (SSSR count). The second-order valence-corrected chi connectivity index (χ2v) is 5.45. The number of hydrogen-bond donors (Lipinski definition) is 0. The van der Waals surface area contributed by atoms with Crippen LogP contribution in [0.5, 0.6) is 0 Å². The van der Waals surface area contributed by atoms with Crippen molar-refractivity contribution in [1.29, 1.82) is 0 Å². The van der Waals surface area contributed by atoms with Crippen LogP contribution in [-0.4, -0.2) is 0 Å². The van der Waals surface area contributed by atoms with Crippen molar-refractivity contribution < 1.29 is 4.40 Å². The molecule has 0 bridgehead atoms. The summed E-state index contributed by atoms with van der Waals surface area (Å²) in [5.41, 5.74) is 3.96. The summed E-state index contributed by atoms with van der Waals surface area (Å²) in [7, 11) is 0. The Morgan fingerprint density at radius 1 is 0.850 bits per heavy atom. The number of benzene rings is 2. The second-order valence-electron chi connectivity index (χ2n) is 5.45. The SMILES string of the molecule is Cc1cc2ccccc2c2c(C)c3cccc[n+]3cc12. The number of aromatic nitrogens is 1. The van der Waals surface area contributed by atoms with Crippen LogP contribution in [0.3, 0.4) is 0 Å². The third kappa shape index (κ3) is 1.47. The highest BCUT2D eigenvalue weighted by atomic mass is 14.8. The highest BCUT2D eigenvalue weighted by molar-refractivity contribution is 6.11. The van der Waals surface area contributed by atoms with Gasteiger partial charge in [0.2, 0.25) is 5.52 Å². The first-order valence-electron chi connectivity index (χ1n) is 6.97. The number of nitrogens with zero attached hydrogens (tertiary/aromatic N) is 1. The molecular formula is C19H16N+. The maximum Gasteiger partial charge on any atom is 0.214 e. The lowest BCUT2D eigenvalue weighted by Gasteiger charge is -2.09. The molecule has 96 valence electrons. The number of rotatable bonds is 0. The van der Waals surface area contributed by atoms with Gasteiger partial charge in [0.1, 0.15) is 0 Å². The van der Waals surface area contributed by atoms with E-state index in [4.69, 9.17) is 0 Å². The van der Waals surface area contributed by atoms with E-state index in [1.54, 1.807) is 0 Å². The first-order valence-corrected chi connectivity index (χ1v) is 6.97. The van der Waals surface area contributed by atoms with Crippen molar-refractivity contribution in [3.63, 3.8) is 0 Å². The van der Waals surface area contributed by atoms with E-state index in [0.717, 1.165) is 0 Å². The lowest BCUT2D eigenvalue weighted by Crippen LogP contribution is -2.21. The van der Waals surface area contributed by atoms with Gasteiger partial charge in [-0.1, -0.05) is 30.3 Å². The summed E-state index contributed by atoms with van der Waals surface area (Å²) in [6.45, 7) is 4.42. The Morgan fingerprint density at radius 3 is 2.55 bits per heavy atom. The molecule has 4 aromatic rings. The molecule has 0 aliphatic heterocycles. The summed E-state index contributed by atoms with van der Waals surface area (Å²) in [6.07, 6.45) is 4.37. The van der Waals surface area contributed by atoms with E-state index in [9.17, 15) is 0 Å². The number of fused-ring (bicyclic) bond motifs is 4. The van der Waals surface area contributed by atoms with Crippen molar-refractivity contribution >= 4 is 27.1 Å². The summed E-state index contributed by atoms with van der Waals surface area (Å²) < 4.78 is 2.22. The Hall–Kier alpha value is -2.41. The van der Waals surface area contributed by atoms with Crippen molar-refractivity contribution in [1.82, 2.24) is 0 Å². The van der Waals surface area contributed by atoms with Gasteiger partial charge < -0.3 is 0 Å². The fourth-order valence-corrected chi connectivity index (χ4v) is 3.23. The van der Waals surface area contributed by atoms with Crippen molar-refractivity contribution in [2.75, 3.05) is 0 Å². The minimum atomic E-state index is 1.27. The normalized spacial score (nSPS) is 11.5. The van der Waals surface area contributed by atoms with Crippen molar-refractivity contribution in [2.45, 2.75) is 13.8 Å². The van der Waals surface area contributed by atoms with E-state index in [1.807, 2.05) is 0 Å². The second kappa shape index (κ2) is 4.04. The van der Waals surface area contributed by atoms with Gasteiger partial charge in [-0.15, -0.1) is 0 Å². The average Bonchev–Trinajstić information content (AvgIpc) is 2.48. The molecule has 0 radical (unpaired) electrons.